The monoisotopic (exact) mass is 356 g/mol. The molecule has 0 aromatic heterocycles. The summed E-state index contributed by atoms with van der Waals surface area (Å²) in [5.74, 6) is -0.913. The Labute approximate surface area is 155 Å². The smallest absolute Gasteiger partial charge is 0.344 e. The Morgan fingerprint density at radius 2 is 1.00 bits per heavy atom. The van der Waals surface area contributed by atoms with E-state index in [2.05, 4.69) is 11.7 Å². The Morgan fingerprint density at radius 3 is 1.40 bits per heavy atom. The molecule has 0 saturated heterocycles. The summed E-state index contributed by atoms with van der Waals surface area (Å²) in [5, 5.41) is 0. The number of ether oxygens (including phenoxy) is 2. The van der Waals surface area contributed by atoms with E-state index in [1.807, 2.05) is 0 Å². The van der Waals surface area contributed by atoms with Crippen LogP contribution in [0.15, 0.2) is 0 Å². The Bertz CT molecular complexity index is 315. The molecular formula is C21H40O4. The topological polar surface area (TPSA) is 52.6 Å². The van der Waals surface area contributed by atoms with Crippen molar-refractivity contribution in [1.29, 1.82) is 0 Å². The maximum atomic E-state index is 11.2. The van der Waals surface area contributed by atoms with Crippen molar-refractivity contribution >= 4 is 11.9 Å². The van der Waals surface area contributed by atoms with Gasteiger partial charge in [0.1, 0.15) is 0 Å². The van der Waals surface area contributed by atoms with Gasteiger partial charge in [-0.3, -0.25) is 4.79 Å². The van der Waals surface area contributed by atoms with Gasteiger partial charge in [0.2, 0.25) is 0 Å². The Balaban J connectivity index is 3.09. The van der Waals surface area contributed by atoms with Crippen LogP contribution in [0.4, 0.5) is 0 Å². The molecule has 0 rings (SSSR count). The highest BCUT2D eigenvalue weighted by Crippen LogP contribution is 2.13. The van der Waals surface area contributed by atoms with Gasteiger partial charge in [0, 0.05) is 6.92 Å². The number of esters is 2. The summed E-state index contributed by atoms with van der Waals surface area (Å²) in [6, 6.07) is 0. The summed E-state index contributed by atoms with van der Waals surface area (Å²) in [4.78, 5) is 21.7. The van der Waals surface area contributed by atoms with Crippen LogP contribution in [-0.2, 0) is 19.1 Å². The van der Waals surface area contributed by atoms with Crippen molar-refractivity contribution < 1.29 is 19.1 Å². The number of unbranched alkanes of at least 4 members (excludes halogenated alkanes) is 14. The molecule has 4 heteroatoms. The normalized spacial score (nSPS) is 10.6. The van der Waals surface area contributed by atoms with Crippen molar-refractivity contribution in [1.82, 2.24) is 0 Å². The van der Waals surface area contributed by atoms with Crippen molar-refractivity contribution in [2.24, 2.45) is 0 Å². The number of hydrogen-bond acceptors (Lipinski definition) is 4. The first kappa shape index (κ1) is 23.9. The lowest BCUT2D eigenvalue weighted by molar-refractivity contribution is -0.157. The summed E-state index contributed by atoms with van der Waals surface area (Å²) in [5.41, 5.74) is 0. The summed E-state index contributed by atoms with van der Waals surface area (Å²) in [6.07, 6.45) is 19.7. The number of hydrogen-bond donors (Lipinski definition) is 0. The molecule has 0 fully saturated rings. The minimum atomic E-state index is -0.458. The molecule has 0 spiro atoms. The van der Waals surface area contributed by atoms with Crippen LogP contribution in [-0.4, -0.2) is 25.2 Å². The Morgan fingerprint density at radius 1 is 0.600 bits per heavy atom. The van der Waals surface area contributed by atoms with Gasteiger partial charge in [-0.1, -0.05) is 96.8 Å². The van der Waals surface area contributed by atoms with Gasteiger partial charge in [-0.25, -0.2) is 4.79 Å². The molecule has 0 aliphatic heterocycles. The molecule has 25 heavy (non-hydrogen) atoms. The predicted molar refractivity (Wildman–Crippen MR) is 103 cm³/mol. The molecule has 0 aliphatic rings. The summed E-state index contributed by atoms with van der Waals surface area (Å²) in [7, 11) is 0. The molecule has 0 saturated carbocycles. The molecule has 0 unspecified atom stereocenters. The fourth-order valence-corrected chi connectivity index (χ4v) is 2.86. The average Bonchev–Trinajstić information content (AvgIpc) is 2.59. The van der Waals surface area contributed by atoms with Crippen LogP contribution in [0.3, 0.4) is 0 Å². The largest absolute Gasteiger partial charge is 0.463 e. The molecule has 0 aromatic carbocycles. The summed E-state index contributed by atoms with van der Waals surface area (Å²) >= 11 is 0. The fourth-order valence-electron chi connectivity index (χ4n) is 2.86. The van der Waals surface area contributed by atoms with E-state index in [1.54, 1.807) is 0 Å². The molecule has 0 aromatic rings. The fraction of sp³-hybridized carbons (Fsp3) is 0.905. The SMILES string of the molecule is CCCCCCCCCCCCCCCCCOC(=O)COC(C)=O. The summed E-state index contributed by atoms with van der Waals surface area (Å²) < 4.78 is 9.56. The minimum Gasteiger partial charge on any atom is -0.463 e. The van der Waals surface area contributed by atoms with E-state index in [0.717, 1.165) is 12.8 Å². The molecule has 0 heterocycles. The summed E-state index contributed by atoms with van der Waals surface area (Å²) in [6.45, 7) is 3.71. The molecule has 148 valence electrons. The maximum Gasteiger partial charge on any atom is 0.344 e. The van der Waals surface area contributed by atoms with Crippen molar-refractivity contribution in [2.45, 2.75) is 110 Å². The predicted octanol–water partition coefficient (Wildman–Crippen LogP) is 5.96. The zero-order valence-electron chi connectivity index (χ0n) is 16.7. The molecular weight excluding hydrogens is 316 g/mol. The number of carbonyl (C=O) groups is 2. The molecule has 0 amide bonds. The van der Waals surface area contributed by atoms with E-state index in [0.29, 0.717) is 6.61 Å². The first-order chi connectivity index (χ1) is 12.2. The van der Waals surface area contributed by atoms with Crippen LogP contribution in [0.25, 0.3) is 0 Å². The molecule has 0 N–H and O–H groups in total. The lowest BCUT2D eigenvalue weighted by Gasteiger charge is -2.05. The standard InChI is InChI=1S/C21H40O4/c1-3-4-5-6-7-8-9-10-11-12-13-14-15-16-17-18-24-21(23)19-25-20(2)22/h3-19H2,1-2H3. The van der Waals surface area contributed by atoms with Crippen molar-refractivity contribution in [3.8, 4) is 0 Å². The van der Waals surface area contributed by atoms with Crippen LogP contribution >= 0.6 is 0 Å². The van der Waals surface area contributed by atoms with Gasteiger partial charge < -0.3 is 9.47 Å². The van der Waals surface area contributed by atoms with Crippen LogP contribution < -0.4 is 0 Å². The highest BCUT2D eigenvalue weighted by molar-refractivity contribution is 5.75. The lowest BCUT2D eigenvalue weighted by atomic mass is 10.0. The van der Waals surface area contributed by atoms with E-state index >= 15 is 0 Å². The molecule has 0 aliphatic carbocycles. The first-order valence-corrected chi connectivity index (χ1v) is 10.5. The third-order valence-electron chi connectivity index (χ3n) is 4.40. The second kappa shape index (κ2) is 19.3. The van der Waals surface area contributed by atoms with E-state index in [1.165, 1.54) is 90.4 Å². The minimum absolute atomic E-state index is 0.270. The van der Waals surface area contributed by atoms with Crippen LogP contribution in [0.5, 0.6) is 0 Å². The second-order valence-corrected chi connectivity index (χ2v) is 6.95. The quantitative estimate of drug-likeness (QED) is 0.224. The van der Waals surface area contributed by atoms with Gasteiger partial charge >= 0.3 is 11.9 Å². The molecule has 0 radical (unpaired) electrons. The van der Waals surface area contributed by atoms with Gasteiger partial charge in [0.05, 0.1) is 6.61 Å². The molecule has 0 bridgehead atoms. The van der Waals surface area contributed by atoms with Crippen molar-refractivity contribution in [2.75, 3.05) is 13.2 Å². The van der Waals surface area contributed by atoms with Crippen LogP contribution in [0.2, 0.25) is 0 Å². The van der Waals surface area contributed by atoms with Gasteiger partial charge in [0.25, 0.3) is 0 Å². The van der Waals surface area contributed by atoms with E-state index in [4.69, 9.17) is 4.74 Å². The van der Waals surface area contributed by atoms with Gasteiger partial charge in [-0.15, -0.1) is 0 Å². The van der Waals surface area contributed by atoms with Crippen molar-refractivity contribution in [3.05, 3.63) is 0 Å². The first-order valence-electron chi connectivity index (χ1n) is 10.5. The maximum absolute atomic E-state index is 11.2. The van der Waals surface area contributed by atoms with Crippen molar-refractivity contribution in [3.63, 3.8) is 0 Å². The second-order valence-electron chi connectivity index (χ2n) is 6.95. The molecule has 0 atom stereocenters. The number of carbonyl (C=O) groups excluding carboxylic acids is 2. The molecule has 4 nitrogen and oxygen atoms in total. The highest BCUT2D eigenvalue weighted by atomic mass is 16.6. The van der Waals surface area contributed by atoms with Gasteiger partial charge in [0.15, 0.2) is 6.61 Å². The third kappa shape index (κ3) is 20.9. The zero-order chi connectivity index (χ0) is 18.6. The highest BCUT2D eigenvalue weighted by Gasteiger charge is 2.04. The van der Waals surface area contributed by atoms with E-state index in [-0.39, 0.29) is 6.61 Å². The zero-order valence-corrected chi connectivity index (χ0v) is 16.7. The average molecular weight is 357 g/mol. The number of rotatable bonds is 18. The van der Waals surface area contributed by atoms with Crippen LogP contribution in [0.1, 0.15) is 110 Å². The Hall–Kier alpha value is -1.06. The van der Waals surface area contributed by atoms with Gasteiger partial charge in [-0.05, 0) is 6.42 Å². The van der Waals surface area contributed by atoms with Gasteiger partial charge in [-0.2, -0.15) is 0 Å². The Kier molecular flexibility index (Phi) is 18.5. The third-order valence-corrected chi connectivity index (χ3v) is 4.40. The van der Waals surface area contributed by atoms with E-state index in [9.17, 15) is 9.59 Å². The van der Waals surface area contributed by atoms with Crippen LogP contribution in [0, 0.1) is 0 Å². The van der Waals surface area contributed by atoms with E-state index < -0.39 is 11.9 Å². The lowest BCUT2D eigenvalue weighted by Crippen LogP contribution is -2.15.